The number of hydrogen-bond donors (Lipinski definition) is 1. The van der Waals surface area contributed by atoms with Gasteiger partial charge in [-0.2, -0.15) is 13.2 Å². The Morgan fingerprint density at radius 1 is 1.31 bits per heavy atom. The van der Waals surface area contributed by atoms with Crippen molar-refractivity contribution >= 4 is 11.8 Å². The molecule has 0 unspecified atom stereocenters. The molecular weight excluding hydrogens is 201 g/mol. The molecule has 0 heterocycles. The van der Waals surface area contributed by atoms with Gasteiger partial charge in [-0.1, -0.05) is 0 Å². The maximum Gasteiger partial charge on any atom is 0.419 e. The second-order valence-corrected chi connectivity index (χ2v) is 3.26. The van der Waals surface area contributed by atoms with Crippen LogP contribution in [0.4, 0.5) is 13.2 Å². The van der Waals surface area contributed by atoms with Crippen LogP contribution in [0, 0.1) is 0 Å². The summed E-state index contributed by atoms with van der Waals surface area (Å²) in [5, 5.41) is 9.02. The Morgan fingerprint density at radius 3 is 2.31 bits per heavy atom. The Labute approximate surface area is 77.6 Å². The van der Waals surface area contributed by atoms with E-state index in [0.29, 0.717) is 4.90 Å². The van der Waals surface area contributed by atoms with Crippen LogP contribution in [0.5, 0.6) is 5.75 Å². The number of hydrogen-bond acceptors (Lipinski definition) is 2. The van der Waals surface area contributed by atoms with Crippen molar-refractivity contribution < 1.29 is 18.3 Å². The highest BCUT2D eigenvalue weighted by atomic mass is 32.2. The molecule has 0 saturated carbocycles. The van der Waals surface area contributed by atoms with E-state index in [1.807, 2.05) is 0 Å². The molecule has 1 rings (SSSR count). The van der Waals surface area contributed by atoms with Crippen molar-refractivity contribution in [2.24, 2.45) is 0 Å². The zero-order valence-electron chi connectivity index (χ0n) is 6.72. The van der Waals surface area contributed by atoms with E-state index in [1.165, 1.54) is 17.8 Å². The molecule has 0 radical (unpaired) electrons. The van der Waals surface area contributed by atoms with Gasteiger partial charge < -0.3 is 5.11 Å². The molecule has 13 heavy (non-hydrogen) atoms. The summed E-state index contributed by atoms with van der Waals surface area (Å²) in [4.78, 5) is 0.602. The molecule has 1 aromatic carbocycles. The normalized spacial score (nSPS) is 11.7. The third kappa shape index (κ3) is 2.30. The van der Waals surface area contributed by atoms with Gasteiger partial charge in [0.15, 0.2) is 0 Å². The Balaban J connectivity index is 3.13. The van der Waals surface area contributed by atoms with E-state index in [0.717, 1.165) is 12.1 Å². The third-order valence-electron chi connectivity index (χ3n) is 1.51. The minimum atomic E-state index is -4.49. The highest BCUT2D eigenvalue weighted by Gasteiger charge is 2.33. The maximum absolute atomic E-state index is 12.1. The third-order valence-corrected chi connectivity index (χ3v) is 2.24. The number of benzene rings is 1. The van der Waals surface area contributed by atoms with Crippen LogP contribution in [0.15, 0.2) is 23.1 Å². The molecule has 0 bridgehead atoms. The molecule has 5 heteroatoms. The van der Waals surface area contributed by atoms with E-state index < -0.39 is 17.5 Å². The van der Waals surface area contributed by atoms with E-state index >= 15 is 0 Å². The Bertz CT molecular complexity index is 309. The van der Waals surface area contributed by atoms with Crippen LogP contribution in [-0.2, 0) is 6.18 Å². The molecule has 0 aliphatic carbocycles. The molecule has 0 aromatic heterocycles. The van der Waals surface area contributed by atoms with Gasteiger partial charge in [-0.15, -0.1) is 11.8 Å². The first kappa shape index (κ1) is 10.2. The summed E-state index contributed by atoms with van der Waals surface area (Å²) < 4.78 is 36.4. The average Bonchev–Trinajstić information content (AvgIpc) is 2.01. The van der Waals surface area contributed by atoms with E-state index in [2.05, 4.69) is 0 Å². The number of thioether (sulfide) groups is 1. The van der Waals surface area contributed by atoms with Gasteiger partial charge in [0.05, 0.1) is 5.56 Å². The summed E-state index contributed by atoms with van der Waals surface area (Å²) in [6.07, 6.45) is -2.76. The lowest BCUT2D eigenvalue weighted by Crippen LogP contribution is -2.04. The molecular formula is C8H7F3OS. The SMILES string of the molecule is CSc1ccc(C(F)(F)F)c(O)c1. The summed E-state index contributed by atoms with van der Waals surface area (Å²) in [6, 6.07) is 3.31. The first-order valence-corrected chi connectivity index (χ1v) is 4.62. The van der Waals surface area contributed by atoms with Crippen molar-refractivity contribution in [2.45, 2.75) is 11.1 Å². The molecule has 0 fully saturated rings. The van der Waals surface area contributed by atoms with Crippen molar-refractivity contribution in [3.05, 3.63) is 23.8 Å². The van der Waals surface area contributed by atoms with Crippen LogP contribution < -0.4 is 0 Å². The predicted molar refractivity (Wildman–Crippen MR) is 44.9 cm³/mol. The molecule has 0 aliphatic rings. The Hall–Kier alpha value is -0.840. The Kier molecular flexibility index (Phi) is 2.75. The van der Waals surface area contributed by atoms with Gasteiger partial charge in [0.25, 0.3) is 0 Å². The van der Waals surface area contributed by atoms with E-state index in [9.17, 15) is 13.2 Å². The van der Waals surface area contributed by atoms with Crippen molar-refractivity contribution in [1.29, 1.82) is 0 Å². The quantitative estimate of drug-likeness (QED) is 0.715. The monoisotopic (exact) mass is 208 g/mol. The van der Waals surface area contributed by atoms with Gasteiger partial charge >= 0.3 is 6.18 Å². The molecule has 0 aliphatic heterocycles. The number of rotatable bonds is 1. The standard InChI is InChI=1S/C8H7F3OS/c1-13-5-2-3-6(7(12)4-5)8(9,10)11/h2-4,12H,1H3. The molecule has 1 nitrogen and oxygen atoms in total. The summed E-state index contributed by atoms with van der Waals surface area (Å²) in [6.45, 7) is 0. The van der Waals surface area contributed by atoms with Gasteiger partial charge in [0, 0.05) is 4.90 Å². The van der Waals surface area contributed by atoms with Crippen molar-refractivity contribution in [3.8, 4) is 5.75 Å². The Morgan fingerprint density at radius 2 is 1.92 bits per heavy atom. The molecule has 0 saturated heterocycles. The lowest BCUT2D eigenvalue weighted by Gasteiger charge is -2.09. The fourth-order valence-corrected chi connectivity index (χ4v) is 1.31. The second kappa shape index (κ2) is 3.49. The number of phenols is 1. The zero-order valence-corrected chi connectivity index (χ0v) is 7.54. The average molecular weight is 208 g/mol. The number of phenolic OH excluding ortho intramolecular Hbond substituents is 1. The van der Waals surface area contributed by atoms with Crippen molar-refractivity contribution in [1.82, 2.24) is 0 Å². The molecule has 0 atom stereocenters. The highest BCUT2D eigenvalue weighted by molar-refractivity contribution is 7.98. The minimum absolute atomic E-state index is 0.602. The summed E-state index contributed by atoms with van der Waals surface area (Å²) in [5.74, 6) is -0.723. The second-order valence-electron chi connectivity index (χ2n) is 2.38. The van der Waals surface area contributed by atoms with Gasteiger partial charge in [0.1, 0.15) is 5.75 Å². The van der Waals surface area contributed by atoms with Gasteiger partial charge in [-0.25, -0.2) is 0 Å². The highest BCUT2D eigenvalue weighted by Crippen LogP contribution is 2.37. The fourth-order valence-electron chi connectivity index (χ4n) is 0.878. The number of aromatic hydroxyl groups is 1. The van der Waals surface area contributed by atoms with Crippen LogP contribution in [-0.4, -0.2) is 11.4 Å². The predicted octanol–water partition coefficient (Wildman–Crippen LogP) is 3.13. The fraction of sp³-hybridized carbons (Fsp3) is 0.250. The first-order valence-electron chi connectivity index (χ1n) is 3.39. The molecule has 72 valence electrons. The molecule has 1 aromatic rings. The van der Waals surface area contributed by atoms with E-state index in [-0.39, 0.29) is 0 Å². The molecule has 0 spiro atoms. The largest absolute Gasteiger partial charge is 0.507 e. The van der Waals surface area contributed by atoms with E-state index in [4.69, 9.17) is 5.11 Å². The van der Waals surface area contributed by atoms with Crippen LogP contribution >= 0.6 is 11.8 Å². The van der Waals surface area contributed by atoms with Crippen LogP contribution in [0.1, 0.15) is 5.56 Å². The maximum atomic E-state index is 12.1. The minimum Gasteiger partial charge on any atom is -0.507 e. The summed E-state index contributed by atoms with van der Waals surface area (Å²) in [5.41, 5.74) is -0.995. The zero-order chi connectivity index (χ0) is 10.1. The number of halogens is 3. The molecule has 0 amide bonds. The van der Waals surface area contributed by atoms with Crippen LogP contribution in [0.3, 0.4) is 0 Å². The lowest BCUT2D eigenvalue weighted by atomic mass is 10.2. The van der Waals surface area contributed by atoms with Gasteiger partial charge in [0.2, 0.25) is 0 Å². The smallest absolute Gasteiger partial charge is 0.419 e. The van der Waals surface area contributed by atoms with Gasteiger partial charge in [-0.3, -0.25) is 0 Å². The topological polar surface area (TPSA) is 20.2 Å². The summed E-state index contributed by atoms with van der Waals surface area (Å²) >= 11 is 1.27. The van der Waals surface area contributed by atoms with Crippen LogP contribution in [0.2, 0.25) is 0 Å². The van der Waals surface area contributed by atoms with Crippen LogP contribution in [0.25, 0.3) is 0 Å². The molecule has 1 N–H and O–H groups in total. The van der Waals surface area contributed by atoms with Crippen molar-refractivity contribution in [2.75, 3.05) is 6.26 Å². The lowest BCUT2D eigenvalue weighted by molar-refractivity contribution is -0.138. The summed E-state index contributed by atoms with van der Waals surface area (Å²) in [7, 11) is 0. The first-order chi connectivity index (χ1) is 5.95. The number of alkyl halides is 3. The van der Waals surface area contributed by atoms with E-state index in [1.54, 1.807) is 6.26 Å². The van der Waals surface area contributed by atoms with Crippen molar-refractivity contribution in [3.63, 3.8) is 0 Å². The van der Waals surface area contributed by atoms with Gasteiger partial charge in [-0.05, 0) is 24.5 Å².